The molecule has 5 nitrogen and oxygen atoms in total. The SMILES string of the molecule is Cc1cc(NC(=O)CCc2ccc(OCCCCCc3ccccc3)cc2F)cc(C(=O)O)c1Cl. The monoisotopic (exact) mass is 497 g/mol. The van der Waals surface area contributed by atoms with Gasteiger partial charge in [0.05, 0.1) is 17.2 Å². The van der Waals surface area contributed by atoms with Crippen molar-refractivity contribution in [1.29, 1.82) is 0 Å². The third kappa shape index (κ3) is 8.11. The number of halogens is 2. The summed E-state index contributed by atoms with van der Waals surface area (Å²) in [5, 5.41) is 12.0. The smallest absolute Gasteiger partial charge is 0.337 e. The number of anilines is 1. The molecule has 7 heteroatoms. The zero-order valence-electron chi connectivity index (χ0n) is 19.7. The predicted octanol–water partition coefficient (Wildman–Crippen LogP) is 6.85. The van der Waals surface area contributed by atoms with Crippen molar-refractivity contribution in [2.45, 2.75) is 45.4 Å². The molecule has 0 fully saturated rings. The second-order valence-electron chi connectivity index (χ2n) is 8.41. The average molecular weight is 498 g/mol. The van der Waals surface area contributed by atoms with Gasteiger partial charge in [0.2, 0.25) is 5.91 Å². The fourth-order valence-electron chi connectivity index (χ4n) is 3.73. The molecule has 0 spiro atoms. The number of hydrogen-bond acceptors (Lipinski definition) is 3. The zero-order chi connectivity index (χ0) is 25.2. The lowest BCUT2D eigenvalue weighted by Crippen LogP contribution is -2.13. The van der Waals surface area contributed by atoms with E-state index >= 15 is 0 Å². The molecule has 184 valence electrons. The van der Waals surface area contributed by atoms with Gasteiger partial charge in [-0.3, -0.25) is 4.79 Å². The number of unbranched alkanes of at least 4 members (excludes halogenated alkanes) is 2. The van der Waals surface area contributed by atoms with Gasteiger partial charge in [0.15, 0.2) is 0 Å². The number of carboxylic acid groups (broad SMARTS) is 1. The Morgan fingerprint density at radius 3 is 2.49 bits per heavy atom. The molecule has 0 bridgehead atoms. The summed E-state index contributed by atoms with van der Waals surface area (Å²) in [4.78, 5) is 23.6. The number of aromatic carboxylic acids is 1. The van der Waals surface area contributed by atoms with Crippen LogP contribution in [-0.4, -0.2) is 23.6 Å². The van der Waals surface area contributed by atoms with E-state index in [9.17, 15) is 19.1 Å². The van der Waals surface area contributed by atoms with Crippen LogP contribution in [0.25, 0.3) is 0 Å². The summed E-state index contributed by atoms with van der Waals surface area (Å²) >= 11 is 6.00. The van der Waals surface area contributed by atoms with E-state index < -0.39 is 11.8 Å². The summed E-state index contributed by atoms with van der Waals surface area (Å²) in [6.45, 7) is 2.18. The summed E-state index contributed by atoms with van der Waals surface area (Å²) in [6.07, 6.45) is 4.29. The van der Waals surface area contributed by atoms with Crippen LogP contribution in [0.2, 0.25) is 5.02 Å². The highest BCUT2D eigenvalue weighted by molar-refractivity contribution is 6.34. The maximum Gasteiger partial charge on any atom is 0.337 e. The first kappa shape index (κ1) is 26.2. The Balaban J connectivity index is 1.42. The molecule has 0 saturated heterocycles. The maximum absolute atomic E-state index is 14.5. The third-order valence-electron chi connectivity index (χ3n) is 5.64. The van der Waals surface area contributed by atoms with Crippen LogP contribution in [-0.2, 0) is 17.6 Å². The van der Waals surface area contributed by atoms with Gasteiger partial charge in [-0.25, -0.2) is 9.18 Å². The van der Waals surface area contributed by atoms with Crippen molar-refractivity contribution < 1.29 is 23.8 Å². The van der Waals surface area contributed by atoms with Crippen molar-refractivity contribution in [1.82, 2.24) is 0 Å². The molecular formula is C28H29ClFNO4. The fraction of sp³-hybridized carbons (Fsp3) is 0.286. The molecular weight excluding hydrogens is 469 g/mol. The minimum absolute atomic E-state index is 0.0443. The Morgan fingerprint density at radius 2 is 1.77 bits per heavy atom. The van der Waals surface area contributed by atoms with Crippen molar-refractivity contribution >= 4 is 29.2 Å². The molecule has 0 radical (unpaired) electrons. The largest absolute Gasteiger partial charge is 0.493 e. The number of hydrogen-bond donors (Lipinski definition) is 2. The Morgan fingerprint density at radius 1 is 1.00 bits per heavy atom. The average Bonchev–Trinajstić information content (AvgIpc) is 2.83. The molecule has 0 heterocycles. The van der Waals surface area contributed by atoms with Crippen LogP contribution in [0, 0.1) is 12.7 Å². The second-order valence-corrected chi connectivity index (χ2v) is 8.78. The highest BCUT2D eigenvalue weighted by Crippen LogP contribution is 2.26. The number of rotatable bonds is 12. The van der Waals surface area contributed by atoms with Crippen molar-refractivity contribution in [2.24, 2.45) is 0 Å². The molecule has 0 aliphatic heterocycles. The van der Waals surface area contributed by atoms with Crippen LogP contribution < -0.4 is 10.1 Å². The first-order chi connectivity index (χ1) is 16.8. The molecule has 1 amide bonds. The molecule has 3 aromatic carbocycles. The van der Waals surface area contributed by atoms with Gasteiger partial charge in [-0.15, -0.1) is 0 Å². The minimum atomic E-state index is -1.18. The lowest BCUT2D eigenvalue weighted by atomic mass is 10.1. The van der Waals surface area contributed by atoms with Crippen LogP contribution in [0.4, 0.5) is 10.1 Å². The summed E-state index contributed by atoms with van der Waals surface area (Å²) < 4.78 is 20.2. The number of ether oxygens (including phenoxy) is 1. The van der Waals surface area contributed by atoms with Crippen LogP contribution in [0.15, 0.2) is 60.7 Å². The van der Waals surface area contributed by atoms with Gasteiger partial charge >= 0.3 is 5.97 Å². The van der Waals surface area contributed by atoms with Gasteiger partial charge < -0.3 is 15.2 Å². The number of carboxylic acids is 1. The highest BCUT2D eigenvalue weighted by atomic mass is 35.5. The first-order valence-corrected chi connectivity index (χ1v) is 12.0. The van der Waals surface area contributed by atoms with Crippen molar-refractivity contribution in [3.8, 4) is 5.75 Å². The van der Waals surface area contributed by atoms with E-state index in [-0.39, 0.29) is 29.3 Å². The molecule has 35 heavy (non-hydrogen) atoms. The fourth-order valence-corrected chi connectivity index (χ4v) is 3.92. The summed E-state index contributed by atoms with van der Waals surface area (Å²) in [7, 11) is 0. The number of nitrogens with one attached hydrogen (secondary N) is 1. The first-order valence-electron chi connectivity index (χ1n) is 11.6. The van der Waals surface area contributed by atoms with Gasteiger partial charge in [0.1, 0.15) is 11.6 Å². The van der Waals surface area contributed by atoms with Gasteiger partial charge in [-0.05, 0) is 73.9 Å². The van der Waals surface area contributed by atoms with E-state index in [0.717, 1.165) is 25.7 Å². The maximum atomic E-state index is 14.5. The molecule has 2 N–H and O–H groups in total. The Bertz CT molecular complexity index is 1170. The van der Waals surface area contributed by atoms with Crippen molar-refractivity contribution in [2.75, 3.05) is 11.9 Å². The normalized spacial score (nSPS) is 10.7. The van der Waals surface area contributed by atoms with Crippen molar-refractivity contribution in [3.05, 3.63) is 93.8 Å². The molecule has 3 rings (SSSR count). The molecule has 0 atom stereocenters. The number of benzene rings is 3. The number of aryl methyl sites for hydroxylation is 3. The molecule has 0 unspecified atom stereocenters. The Kier molecular flexibility index (Phi) is 9.67. The van der Waals surface area contributed by atoms with Crippen LogP contribution >= 0.6 is 11.6 Å². The molecule has 0 aliphatic carbocycles. The van der Waals surface area contributed by atoms with Gasteiger partial charge in [-0.2, -0.15) is 0 Å². The van der Waals surface area contributed by atoms with E-state index in [1.807, 2.05) is 18.2 Å². The van der Waals surface area contributed by atoms with E-state index in [0.29, 0.717) is 29.2 Å². The molecule has 0 aliphatic rings. The number of amides is 1. The van der Waals surface area contributed by atoms with E-state index in [1.54, 1.807) is 25.1 Å². The van der Waals surface area contributed by atoms with Crippen LogP contribution in [0.1, 0.15) is 52.7 Å². The highest BCUT2D eigenvalue weighted by Gasteiger charge is 2.14. The summed E-state index contributed by atoms with van der Waals surface area (Å²) in [5.74, 6) is -1.48. The quantitative estimate of drug-likeness (QED) is 0.268. The van der Waals surface area contributed by atoms with E-state index in [2.05, 4.69) is 17.4 Å². The minimum Gasteiger partial charge on any atom is -0.493 e. The Labute approximate surface area is 209 Å². The molecule has 0 aromatic heterocycles. The van der Waals surface area contributed by atoms with Crippen LogP contribution in [0.3, 0.4) is 0 Å². The van der Waals surface area contributed by atoms with Crippen LogP contribution in [0.5, 0.6) is 5.75 Å². The predicted molar refractivity (Wildman–Crippen MR) is 136 cm³/mol. The van der Waals surface area contributed by atoms with Gasteiger partial charge in [0, 0.05) is 18.2 Å². The van der Waals surface area contributed by atoms with Gasteiger partial charge in [-0.1, -0.05) is 48.0 Å². The summed E-state index contributed by atoms with van der Waals surface area (Å²) in [6, 6.07) is 17.9. The second kappa shape index (κ2) is 12.9. The van der Waals surface area contributed by atoms with Crippen molar-refractivity contribution in [3.63, 3.8) is 0 Å². The lowest BCUT2D eigenvalue weighted by Gasteiger charge is -2.11. The third-order valence-corrected chi connectivity index (χ3v) is 6.14. The lowest BCUT2D eigenvalue weighted by molar-refractivity contribution is -0.116. The molecule has 3 aromatic rings. The Hall–Kier alpha value is -3.38. The topological polar surface area (TPSA) is 75.6 Å². The standard InChI is InChI=1S/C28H29ClFNO4/c1-19-16-22(17-24(27(19)29)28(33)34)31-26(32)14-12-21-11-13-23(18-25(21)30)35-15-7-3-6-10-20-8-4-2-5-9-20/h2,4-5,8-9,11,13,16-18H,3,6-7,10,12,14-15H2,1H3,(H,31,32)(H,33,34). The number of carbonyl (C=O) groups is 2. The van der Waals surface area contributed by atoms with Gasteiger partial charge in [0.25, 0.3) is 0 Å². The number of carbonyl (C=O) groups excluding carboxylic acids is 1. The van der Waals surface area contributed by atoms with E-state index in [4.69, 9.17) is 16.3 Å². The zero-order valence-corrected chi connectivity index (χ0v) is 20.4. The summed E-state index contributed by atoms with van der Waals surface area (Å²) in [5.41, 5.74) is 2.53. The van der Waals surface area contributed by atoms with E-state index in [1.165, 1.54) is 17.7 Å². The molecule has 0 saturated carbocycles.